The van der Waals surface area contributed by atoms with Gasteiger partial charge in [-0.15, -0.1) is 0 Å². The molecule has 0 radical (unpaired) electrons. The summed E-state index contributed by atoms with van der Waals surface area (Å²) in [5.74, 6) is 1.54. The Labute approximate surface area is 262 Å². The molecule has 4 heteroatoms. The summed E-state index contributed by atoms with van der Waals surface area (Å²) in [7, 11) is 0. The van der Waals surface area contributed by atoms with Gasteiger partial charge in [0.05, 0.1) is 22.4 Å². The molecule has 4 nitrogen and oxygen atoms in total. The molecule has 212 valence electrons. The fourth-order valence-electron chi connectivity index (χ4n) is 5.80. The molecule has 0 unspecified atom stereocenters. The first kappa shape index (κ1) is 26.5. The van der Waals surface area contributed by atoms with E-state index in [2.05, 4.69) is 138 Å². The van der Waals surface area contributed by atoms with E-state index in [9.17, 15) is 0 Å². The number of hydrogen-bond acceptors (Lipinski definition) is 3. The van der Waals surface area contributed by atoms with E-state index in [1.165, 1.54) is 11.1 Å². The lowest BCUT2D eigenvalue weighted by molar-refractivity contribution is 1.10. The monoisotopic (exact) mass is 576 g/mol. The quantitative estimate of drug-likeness (QED) is 0.198. The summed E-state index contributed by atoms with van der Waals surface area (Å²) in [6.07, 6.45) is 0. The van der Waals surface area contributed by atoms with Crippen LogP contribution in [-0.2, 0) is 0 Å². The second-order valence-corrected chi connectivity index (χ2v) is 10.9. The van der Waals surface area contributed by atoms with Gasteiger partial charge in [-0.25, -0.2) is 15.0 Å². The molecule has 2 aromatic heterocycles. The van der Waals surface area contributed by atoms with Crippen molar-refractivity contribution in [1.29, 1.82) is 0 Å². The van der Waals surface area contributed by atoms with Crippen molar-refractivity contribution >= 4 is 11.0 Å². The van der Waals surface area contributed by atoms with Gasteiger partial charge in [0.1, 0.15) is 5.82 Å². The van der Waals surface area contributed by atoms with Crippen molar-refractivity contribution in [2.24, 2.45) is 0 Å². The molecule has 8 aromatic rings. The topological polar surface area (TPSA) is 43.6 Å². The Morgan fingerprint density at radius 3 is 1.58 bits per heavy atom. The molecule has 0 amide bonds. The zero-order valence-corrected chi connectivity index (χ0v) is 24.5. The largest absolute Gasteiger partial charge is 0.292 e. The van der Waals surface area contributed by atoms with E-state index >= 15 is 0 Å². The molecule has 0 saturated carbocycles. The van der Waals surface area contributed by atoms with Crippen LogP contribution in [0.15, 0.2) is 170 Å². The lowest BCUT2D eigenvalue weighted by atomic mass is 10.0. The summed E-state index contributed by atoms with van der Waals surface area (Å²) in [6, 6.07) is 58.4. The summed E-state index contributed by atoms with van der Waals surface area (Å²) in [6.45, 7) is 0. The van der Waals surface area contributed by atoms with E-state index < -0.39 is 0 Å². The third-order valence-electron chi connectivity index (χ3n) is 8.04. The van der Waals surface area contributed by atoms with E-state index in [1.807, 2.05) is 36.4 Å². The van der Waals surface area contributed by atoms with E-state index in [0.717, 1.165) is 56.2 Å². The SMILES string of the molecule is c1ccc(-c2ccc(-c3cc(-c4ccccc4)nc(-c4cccc(-c5nc6ccccc6n5-c5ccccc5)c4)n3)cc2)cc1. The first-order valence-corrected chi connectivity index (χ1v) is 15.0. The second-order valence-electron chi connectivity index (χ2n) is 10.9. The number of rotatable bonds is 6. The van der Waals surface area contributed by atoms with Gasteiger partial charge in [0.15, 0.2) is 5.82 Å². The molecule has 0 spiro atoms. The third-order valence-corrected chi connectivity index (χ3v) is 8.04. The van der Waals surface area contributed by atoms with Crippen LogP contribution in [0.5, 0.6) is 0 Å². The maximum atomic E-state index is 5.12. The fourth-order valence-corrected chi connectivity index (χ4v) is 5.80. The zero-order chi connectivity index (χ0) is 30.0. The smallest absolute Gasteiger partial charge is 0.160 e. The van der Waals surface area contributed by atoms with Crippen molar-refractivity contribution in [3.63, 3.8) is 0 Å². The van der Waals surface area contributed by atoms with E-state index in [0.29, 0.717) is 5.82 Å². The van der Waals surface area contributed by atoms with Crippen LogP contribution in [0, 0.1) is 0 Å². The number of nitrogens with zero attached hydrogens (tertiary/aromatic N) is 4. The second kappa shape index (κ2) is 11.5. The number of hydrogen-bond donors (Lipinski definition) is 0. The number of para-hydroxylation sites is 3. The Morgan fingerprint density at radius 2 is 0.867 bits per heavy atom. The normalized spacial score (nSPS) is 11.1. The van der Waals surface area contributed by atoms with Crippen LogP contribution < -0.4 is 0 Å². The Kier molecular flexibility index (Phi) is 6.78. The zero-order valence-electron chi connectivity index (χ0n) is 24.5. The number of fused-ring (bicyclic) bond motifs is 1. The van der Waals surface area contributed by atoms with Crippen LogP contribution in [-0.4, -0.2) is 19.5 Å². The Bertz CT molecular complexity index is 2240. The van der Waals surface area contributed by atoms with Crippen molar-refractivity contribution in [3.8, 4) is 62.1 Å². The molecule has 0 aliphatic heterocycles. The summed E-state index contributed by atoms with van der Waals surface area (Å²) in [5.41, 5.74) is 11.2. The standard InChI is InChI=1S/C41H28N4/c1-4-13-29(14-5-1)30-23-25-32(26-24-30)38-28-37(31-15-6-2-7-16-31)42-40(43-38)33-17-12-18-34(27-33)41-44-36-21-10-11-22-39(36)45(41)35-19-8-3-9-20-35/h1-28H. The molecular weight excluding hydrogens is 548 g/mol. The van der Waals surface area contributed by atoms with Crippen LogP contribution in [0.1, 0.15) is 0 Å². The molecular formula is C41H28N4. The molecule has 0 saturated heterocycles. The molecule has 0 bridgehead atoms. The summed E-state index contributed by atoms with van der Waals surface area (Å²) in [4.78, 5) is 15.3. The van der Waals surface area contributed by atoms with Gasteiger partial charge in [-0.1, -0.05) is 133 Å². The van der Waals surface area contributed by atoms with Gasteiger partial charge >= 0.3 is 0 Å². The molecule has 0 N–H and O–H groups in total. The highest BCUT2D eigenvalue weighted by atomic mass is 15.1. The van der Waals surface area contributed by atoms with Crippen LogP contribution in [0.2, 0.25) is 0 Å². The van der Waals surface area contributed by atoms with Crippen LogP contribution >= 0.6 is 0 Å². The molecule has 0 atom stereocenters. The summed E-state index contributed by atoms with van der Waals surface area (Å²) in [5, 5.41) is 0. The molecule has 8 rings (SSSR count). The van der Waals surface area contributed by atoms with Crippen molar-refractivity contribution in [2.75, 3.05) is 0 Å². The highest BCUT2D eigenvalue weighted by Crippen LogP contribution is 2.33. The Morgan fingerprint density at radius 1 is 0.356 bits per heavy atom. The Hall–Kier alpha value is -6.13. The summed E-state index contributed by atoms with van der Waals surface area (Å²) < 4.78 is 2.22. The maximum Gasteiger partial charge on any atom is 0.160 e. The van der Waals surface area contributed by atoms with Crippen molar-refractivity contribution in [2.45, 2.75) is 0 Å². The first-order chi connectivity index (χ1) is 22.3. The number of aromatic nitrogens is 4. The third kappa shape index (κ3) is 5.19. The Balaban J connectivity index is 1.26. The van der Waals surface area contributed by atoms with E-state index in [4.69, 9.17) is 15.0 Å². The van der Waals surface area contributed by atoms with Gasteiger partial charge in [0.2, 0.25) is 0 Å². The van der Waals surface area contributed by atoms with Crippen LogP contribution in [0.4, 0.5) is 0 Å². The van der Waals surface area contributed by atoms with Gasteiger partial charge in [-0.2, -0.15) is 0 Å². The average Bonchev–Trinajstić information content (AvgIpc) is 3.53. The minimum absolute atomic E-state index is 0.669. The highest BCUT2D eigenvalue weighted by molar-refractivity contribution is 5.84. The van der Waals surface area contributed by atoms with E-state index in [1.54, 1.807) is 0 Å². The van der Waals surface area contributed by atoms with Crippen molar-refractivity contribution in [3.05, 3.63) is 170 Å². The predicted molar refractivity (Wildman–Crippen MR) is 184 cm³/mol. The van der Waals surface area contributed by atoms with Crippen LogP contribution in [0.25, 0.3) is 73.1 Å². The number of benzene rings is 6. The van der Waals surface area contributed by atoms with Gasteiger partial charge in [-0.3, -0.25) is 4.57 Å². The molecule has 6 aromatic carbocycles. The van der Waals surface area contributed by atoms with Gasteiger partial charge in [-0.05, 0) is 47.5 Å². The lowest BCUT2D eigenvalue weighted by Crippen LogP contribution is -1.99. The predicted octanol–water partition coefficient (Wildman–Crippen LogP) is 10.2. The molecule has 0 aliphatic carbocycles. The maximum absolute atomic E-state index is 5.12. The minimum atomic E-state index is 0.669. The lowest BCUT2D eigenvalue weighted by Gasteiger charge is -2.12. The highest BCUT2D eigenvalue weighted by Gasteiger charge is 2.16. The molecule has 0 aliphatic rings. The van der Waals surface area contributed by atoms with Crippen LogP contribution in [0.3, 0.4) is 0 Å². The summed E-state index contributed by atoms with van der Waals surface area (Å²) >= 11 is 0. The molecule has 0 fully saturated rings. The van der Waals surface area contributed by atoms with Gasteiger partial charge in [0, 0.05) is 27.9 Å². The van der Waals surface area contributed by atoms with Gasteiger partial charge < -0.3 is 0 Å². The fraction of sp³-hybridized carbons (Fsp3) is 0. The first-order valence-electron chi connectivity index (χ1n) is 15.0. The van der Waals surface area contributed by atoms with Gasteiger partial charge in [0.25, 0.3) is 0 Å². The van der Waals surface area contributed by atoms with Crippen molar-refractivity contribution in [1.82, 2.24) is 19.5 Å². The number of imidazole rings is 1. The van der Waals surface area contributed by atoms with Crippen molar-refractivity contribution < 1.29 is 0 Å². The molecule has 2 heterocycles. The molecule has 45 heavy (non-hydrogen) atoms. The minimum Gasteiger partial charge on any atom is -0.292 e. The van der Waals surface area contributed by atoms with E-state index in [-0.39, 0.29) is 0 Å². The average molecular weight is 577 g/mol.